The van der Waals surface area contributed by atoms with Gasteiger partial charge in [0.1, 0.15) is 5.69 Å². The highest BCUT2D eigenvalue weighted by atomic mass is 16.2. The van der Waals surface area contributed by atoms with Gasteiger partial charge in [-0.15, -0.1) is 0 Å². The summed E-state index contributed by atoms with van der Waals surface area (Å²) in [4.78, 5) is 15.6. The normalized spacial score (nSPS) is 13.0. The number of aromatic nitrogens is 2. The van der Waals surface area contributed by atoms with Gasteiger partial charge in [-0.25, -0.2) is 4.68 Å². The fourth-order valence-corrected chi connectivity index (χ4v) is 4.89. The number of rotatable bonds is 3. The van der Waals surface area contributed by atoms with E-state index in [1.807, 2.05) is 16.5 Å². The molecule has 0 fully saturated rings. The maximum atomic E-state index is 13.7. The molecule has 0 bridgehead atoms. The highest BCUT2D eigenvalue weighted by molar-refractivity contribution is 6.10. The maximum Gasteiger partial charge on any atom is 0.277 e. The first-order valence-electron chi connectivity index (χ1n) is 11.4. The molecule has 0 unspecified atom stereocenters. The van der Waals surface area contributed by atoms with Gasteiger partial charge in [-0.05, 0) is 98.7 Å². The molecule has 5 rings (SSSR count). The largest absolute Gasteiger partial charge is 0.302 e. The Morgan fingerprint density at radius 2 is 1.42 bits per heavy atom. The van der Waals surface area contributed by atoms with E-state index in [9.17, 15) is 4.79 Å². The number of hydrogen-bond acceptors (Lipinski definition) is 2. The Hall–Kier alpha value is -3.66. The highest BCUT2D eigenvalue weighted by Gasteiger charge is 2.36. The Balaban J connectivity index is 1.55. The van der Waals surface area contributed by atoms with E-state index >= 15 is 0 Å². The van der Waals surface area contributed by atoms with Crippen LogP contribution < -0.4 is 4.90 Å². The molecule has 0 atom stereocenters. The van der Waals surface area contributed by atoms with Gasteiger partial charge in [0.25, 0.3) is 5.91 Å². The zero-order chi connectivity index (χ0) is 23.4. The van der Waals surface area contributed by atoms with Crippen molar-refractivity contribution in [3.63, 3.8) is 0 Å². The molecule has 3 aromatic carbocycles. The molecule has 4 aromatic rings. The molecule has 0 saturated carbocycles. The summed E-state index contributed by atoms with van der Waals surface area (Å²) in [5, 5.41) is 4.77. The molecule has 1 amide bonds. The molecular formula is C29H29N3O. The first-order chi connectivity index (χ1) is 15.8. The summed E-state index contributed by atoms with van der Waals surface area (Å²) in [6, 6.07) is 19.1. The third-order valence-electron chi connectivity index (χ3n) is 6.93. The fourth-order valence-electron chi connectivity index (χ4n) is 4.89. The molecule has 0 spiro atoms. The van der Waals surface area contributed by atoms with Gasteiger partial charge in [-0.3, -0.25) is 4.79 Å². The lowest BCUT2D eigenvalue weighted by Crippen LogP contribution is -2.26. The average Bonchev–Trinajstić information content (AvgIpc) is 3.28. The number of hydrogen-bond donors (Lipinski definition) is 0. The van der Waals surface area contributed by atoms with Gasteiger partial charge in [0, 0.05) is 11.3 Å². The van der Waals surface area contributed by atoms with Crippen molar-refractivity contribution < 1.29 is 4.79 Å². The maximum absolute atomic E-state index is 13.7. The number of nitrogens with zero attached hydrogens (tertiary/aromatic N) is 3. The molecule has 1 aliphatic heterocycles. The van der Waals surface area contributed by atoms with Crippen molar-refractivity contribution in [2.24, 2.45) is 0 Å². The standard InChI is InChI=1S/C29H29N3O/c1-17-9-7-8-10-24(17)23-11-12-26(21(5)14-23)31-16-25-22(6)30-32(28(25)29(31)33)27-15-19(3)18(2)13-20(27)4/h7-15H,16H2,1-6H3. The van der Waals surface area contributed by atoms with Gasteiger partial charge in [0.05, 0.1) is 17.9 Å². The summed E-state index contributed by atoms with van der Waals surface area (Å²) < 4.78 is 1.85. The van der Waals surface area contributed by atoms with Crippen LogP contribution in [0.15, 0.2) is 54.6 Å². The van der Waals surface area contributed by atoms with E-state index in [2.05, 4.69) is 89.2 Å². The molecule has 166 valence electrons. The van der Waals surface area contributed by atoms with E-state index in [4.69, 9.17) is 5.10 Å². The molecule has 1 aliphatic rings. The first kappa shape index (κ1) is 21.2. The summed E-state index contributed by atoms with van der Waals surface area (Å²) >= 11 is 0. The minimum absolute atomic E-state index is 0.00923. The zero-order valence-electron chi connectivity index (χ0n) is 20.2. The van der Waals surface area contributed by atoms with Crippen LogP contribution in [0.25, 0.3) is 16.8 Å². The predicted octanol–water partition coefficient (Wildman–Crippen LogP) is 6.55. The van der Waals surface area contributed by atoms with Crippen molar-refractivity contribution in [2.75, 3.05) is 4.90 Å². The summed E-state index contributed by atoms with van der Waals surface area (Å²) in [6.45, 7) is 13.0. The number of amides is 1. The predicted molar refractivity (Wildman–Crippen MR) is 134 cm³/mol. The van der Waals surface area contributed by atoms with E-state index in [0.717, 1.165) is 33.8 Å². The second-order valence-electron chi connectivity index (χ2n) is 9.25. The number of benzene rings is 3. The number of carbonyl (C=O) groups excluding carboxylic acids is 1. The topological polar surface area (TPSA) is 38.1 Å². The molecule has 0 radical (unpaired) electrons. The Labute approximate surface area is 195 Å². The van der Waals surface area contributed by atoms with Crippen LogP contribution in [0.2, 0.25) is 0 Å². The smallest absolute Gasteiger partial charge is 0.277 e. The van der Waals surface area contributed by atoms with Gasteiger partial charge in [0.2, 0.25) is 0 Å². The number of aryl methyl sites for hydroxylation is 6. The Kier molecular flexibility index (Phi) is 4.97. The van der Waals surface area contributed by atoms with Crippen LogP contribution >= 0.6 is 0 Å². The quantitative estimate of drug-likeness (QED) is 0.366. The van der Waals surface area contributed by atoms with Crippen molar-refractivity contribution in [1.29, 1.82) is 0 Å². The lowest BCUT2D eigenvalue weighted by Gasteiger charge is -2.20. The molecule has 2 heterocycles. The fraction of sp³-hybridized carbons (Fsp3) is 0.241. The van der Waals surface area contributed by atoms with Crippen molar-refractivity contribution in [3.05, 3.63) is 99.4 Å². The van der Waals surface area contributed by atoms with Crippen LogP contribution in [-0.2, 0) is 6.54 Å². The van der Waals surface area contributed by atoms with Gasteiger partial charge in [0.15, 0.2) is 0 Å². The summed E-state index contributed by atoms with van der Waals surface area (Å²) in [6.07, 6.45) is 0. The van der Waals surface area contributed by atoms with E-state index in [0.29, 0.717) is 12.2 Å². The minimum atomic E-state index is 0.00923. The van der Waals surface area contributed by atoms with Crippen LogP contribution in [0.5, 0.6) is 0 Å². The van der Waals surface area contributed by atoms with E-state index < -0.39 is 0 Å². The van der Waals surface area contributed by atoms with Gasteiger partial charge < -0.3 is 4.90 Å². The van der Waals surface area contributed by atoms with Gasteiger partial charge in [-0.1, -0.05) is 36.4 Å². The first-order valence-corrected chi connectivity index (χ1v) is 11.4. The minimum Gasteiger partial charge on any atom is -0.302 e. The van der Waals surface area contributed by atoms with Crippen LogP contribution in [-0.4, -0.2) is 15.7 Å². The molecule has 0 N–H and O–H groups in total. The van der Waals surface area contributed by atoms with Gasteiger partial charge in [-0.2, -0.15) is 5.10 Å². The SMILES string of the molecule is Cc1cc(C)c(-n2nc(C)c3c2C(=O)N(c2ccc(-c4ccccc4C)cc2C)C3)cc1C. The molecular weight excluding hydrogens is 406 g/mol. The molecule has 0 aliphatic carbocycles. The second kappa shape index (κ2) is 7.73. The van der Waals surface area contributed by atoms with Gasteiger partial charge >= 0.3 is 0 Å². The Morgan fingerprint density at radius 1 is 0.727 bits per heavy atom. The lowest BCUT2D eigenvalue weighted by atomic mass is 9.98. The van der Waals surface area contributed by atoms with Crippen LogP contribution in [0, 0.1) is 41.5 Å². The van der Waals surface area contributed by atoms with Crippen molar-refractivity contribution >= 4 is 11.6 Å². The number of carbonyl (C=O) groups is 1. The van der Waals surface area contributed by atoms with Crippen LogP contribution in [0.1, 0.15) is 49.6 Å². The zero-order valence-corrected chi connectivity index (χ0v) is 20.2. The summed E-state index contributed by atoms with van der Waals surface area (Å²) in [5.74, 6) is 0.00923. The van der Waals surface area contributed by atoms with Crippen LogP contribution in [0.3, 0.4) is 0 Å². The number of anilines is 1. The Morgan fingerprint density at radius 3 is 2.15 bits per heavy atom. The highest BCUT2D eigenvalue weighted by Crippen LogP contribution is 2.36. The third kappa shape index (κ3) is 3.37. The van der Waals surface area contributed by atoms with Crippen molar-refractivity contribution in [1.82, 2.24) is 9.78 Å². The number of fused-ring (bicyclic) bond motifs is 1. The molecule has 33 heavy (non-hydrogen) atoms. The molecule has 1 aromatic heterocycles. The second-order valence-corrected chi connectivity index (χ2v) is 9.25. The summed E-state index contributed by atoms with van der Waals surface area (Å²) in [7, 11) is 0. The molecule has 4 nitrogen and oxygen atoms in total. The van der Waals surface area contributed by atoms with E-state index in [-0.39, 0.29) is 5.91 Å². The van der Waals surface area contributed by atoms with E-state index in [1.165, 1.54) is 27.8 Å². The third-order valence-corrected chi connectivity index (χ3v) is 6.93. The van der Waals surface area contributed by atoms with Crippen molar-refractivity contribution in [2.45, 2.75) is 48.1 Å². The molecule has 4 heteroatoms. The van der Waals surface area contributed by atoms with Crippen molar-refractivity contribution in [3.8, 4) is 16.8 Å². The molecule has 0 saturated heterocycles. The lowest BCUT2D eigenvalue weighted by molar-refractivity contribution is 0.0989. The monoisotopic (exact) mass is 435 g/mol. The Bertz CT molecular complexity index is 1430. The average molecular weight is 436 g/mol. The van der Waals surface area contributed by atoms with E-state index in [1.54, 1.807) is 0 Å². The van der Waals surface area contributed by atoms with Crippen LogP contribution in [0.4, 0.5) is 5.69 Å². The summed E-state index contributed by atoms with van der Waals surface area (Å²) in [5.41, 5.74) is 12.8.